The largest absolute Gasteiger partial charge is 0.508 e. The molecule has 1 N–H and O–H groups in total. The maximum absolute atomic E-state index is 11.6. The van der Waals surface area contributed by atoms with E-state index in [1.807, 2.05) is 5.38 Å². The monoisotopic (exact) mass is 346 g/mol. The lowest BCUT2D eigenvalue weighted by Gasteiger charge is -2.10. The van der Waals surface area contributed by atoms with Crippen LogP contribution in [0.15, 0.2) is 29.6 Å². The van der Waals surface area contributed by atoms with E-state index in [-0.39, 0.29) is 28.4 Å². The molecule has 0 saturated heterocycles. The van der Waals surface area contributed by atoms with E-state index in [1.165, 1.54) is 23.5 Å². The molecule has 4 nitrogen and oxygen atoms in total. The van der Waals surface area contributed by atoms with Crippen molar-refractivity contribution in [1.82, 2.24) is 0 Å². The molecule has 0 aliphatic heterocycles. The van der Waals surface area contributed by atoms with Crippen molar-refractivity contribution in [2.75, 3.05) is 13.2 Å². The number of esters is 1. The Morgan fingerprint density at radius 1 is 1.24 bits per heavy atom. The van der Waals surface area contributed by atoms with Crippen molar-refractivity contribution in [3.63, 3.8) is 0 Å². The lowest BCUT2D eigenvalue weighted by Crippen LogP contribution is -2.08. The van der Waals surface area contributed by atoms with Gasteiger partial charge in [0.05, 0.1) is 23.3 Å². The zero-order valence-corrected chi connectivity index (χ0v) is 13.2. The molecule has 2 aromatic rings. The zero-order chi connectivity index (χ0) is 15.2. The number of benzene rings is 1. The van der Waals surface area contributed by atoms with E-state index in [4.69, 9.17) is 32.7 Å². The van der Waals surface area contributed by atoms with Crippen molar-refractivity contribution in [1.29, 1.82) is 0 Å². The number of phenols is 1. The topological polar surface area (TPSA) is 55.8 Å². The van der Waals surface area contributed by atoms with Gasteiger partial charge in [0.1, 0.15) is 10.6 Å². The third-order valence-electron chi connectivity index (χ3n) is 2.47. The van der Waals surface area contributed by atoms with Crippen LogP contribution < -0.4 is 4.74 Å². The van der Waals surface area contributed by atoms with E-state index in [1.54, 1.807) is 12.1 Å². The molecule has 1 aromatic heterocycles. The molecule has 0 aliphatic rings. The molecule has 0 saturated carbocycles. The van der Waals surface area contributed by atoms with Crippen molar-refractivity contribution in [2.24, 2.45) is 0 Å². The number of thiophene rings is 1. The van der Waals surface area contributed by atoms with E-state index in [9.17, 15) is 9.90 Å². The van der Waals surface area contributed by atoms with Crippen LogP contribution in [0, 0.1) is 0 Å². The minimum absolute atomic E-state index is 0.0257. The van der Waals surface area contributed by atoms with E-state index >= 15 is 0 Å². The highest BCUT2D eigenvalue weighted by molar-refractivity contribution is 7.11. The molecule has 0 unspecified atom stereocenters. The van der Waals surface area contributed by atoms with Crippen molar-refractivity contribution in [3.8, 4) is 11.5 Å². The first-order valence-electron chi connectivity index (χ1n) is 6.09. The second-order valence-electron chi connectivity index (χ2n) is 4.05. The van der Waals surface area contributed by atoms with E-state index < -0.39 is 0 Å². The second kappa shape index (κ2) is 7.54. The smallest absolute Gasteiger partial charge is 0.348 e. The molecule has 112 valence electrons. The lowest BCUT2D eigenvalue weighted by molar-refractivity contribution is 0.0491. The van der Waals surface area contributed by atoms with Gasteiger partial charge in [-0.15, -0.1) is 11.3 Å². The summed E-state index contributed by atoms with van der Waals surface area (Å²) in [5.41, 5.74) is 0. The van der Waals surface area contributed by atoms with Gasteiger partial charge in [-0.2, -0.15) is 0 Å². The number of ether oxygens (including phenoxy) is 2. The highest BCUT2D eigenvalue weighted by atomic mass is 35.5. The molecule has 2 rings (SSSR count). The summed E-state index contributed by atoms with van der Waals surface area (Å²) in [6.45, 7) is 0.534. The normalized spacial score (nSPS) is 10.4. The van der Waals surface area contributed by atoms with Crippen molar-refractivity contribution in [3.05, 3.63) is 44.6 Å². The van der Waals surface area contributed by atoms with Gasteiger partial charge >= 0.3 is 5.97 Å². The Hall–Kier alpha value is -1.43. The van der Waals surface area contributed by atoms with Gasteiger partial charge in [-0.05, 0) is 11.4 Å². The first-order chi connectivity index (χ1) is 10.1. The van der Waals surface area contributed by atoms with E-state index in [0.717, 1.165) is 0 Å². The highest BCUT2D eigenvalue weighted by Crippen LogP contribution is 2.36. The molecule has 1 heterocycles. The van der Waals surface area contributed by atoms with Crippen LogP contribution >= 0.6 is 34.5 Å². The summed E-state index contributed by atoms with van der Waals surface area (Å²) in [7, 11) is 0. The minimum Gasteiger partial charge on any atom is -0.508 e. The number of carbonyl (C=O) groups excluding carboxylic acids is 1. The van der Waals surface area contributed by atoms with Gasteiger partial charge in [0.2, 0.25) is 0 Å². The Morgan fingerprint density at radius 2 is 1.95 bits per heavy atom. The maximum atomic E-state index is 11.6. The zero-order valence-electron chi connectivity index (χ0n) is 10.8. The van der Waals surface area contributed by atoms with Crippen LogP contribution in [-0.4, -0.2) is 24.3 Å². The molecule has 0 aliphatic carbocycles. The maximum Gasteiger partial charge on any atom is 0.348 e. The number of carbonyl (C=O) groups is 1. The molecule has 0 atom stereocenters. The fourth-order valence-electron chi connectivity index (χ4n) is 1.55. The SMILES string of the molecule is O=C(OCCCOc1c(Cl)cc(O)cc1Cl)c1cccs1. The fraction of sp³-hybridized carbons (Fsp3) is 0.214. The summed E-state index contributed by atoms with van der Waals surface area (Å²) >= 11 is 13.2. The van der Waals surface area contributed by atoms with Gasteiger partial charge < -0.3 is 14.6 Å². The van der Waals surface area contributed by atoms with Crippen LogP contribution in [0.5, 0.6) is 11.5 Å². The first kappa shape index (κ1) is 15.9. The standard InChI is InChI=1S/C14H12Cl2O4S/c15-10-7-9(17)8-11(16)13(10)19-4-2-5-20-14(18)12-3-1-6-21-12/h1,3,6-8,17H,2,4-5H2. The Balaban J connectivity index is 1.74. The summed E-state index contributed by atoms with van der Waals surface area (Å²) in [4.78, 5) is 12.1. The van der Waals surface area contributed by atoms with Gasteiger partial charge in [0.15, 0.2) is 5.75 Å². The molecular weight excluding hydrogens is 335 g/mol. The summed E-state index contributed by atoms with van der Waals surface area (Å²) in [5, 5.41) is 11.6. The van der Waals surface area contributed by atoms with Crippen LogP contribution in [0.25, 0.3) is 0 Å². The van der Waals surface area contributed by atoms with Crippen LogP contribution in [-0.2, 0) is 4.74 Å². The van der Waals surface area contributed by atoms with Gasteiger partial charge in [-0.1, -0.05) is 29.3 Å². The van der Waals surface area contributed by atoms with Crippen molar-refractivity contribution < 1.29 is 19.4 Å². The first-order valence-corrected chi connectivity index (χ1v) is 7.73. The van der Waals surface area contributed by atoms with Gasteiger partial charge in [0.25, 0.3) is 0 Å². The van der Waals surface area contributed by atoms with Crippen LogP contribution in [0.3, 0.4) is 0 Å². The van der Waals surface area contributed by atoms with E-state index in [2.05, 4.69) is 0 Å². The number of hydrogen-bond donors (Lipinski definition) is 1. The number of phenolic OH excluding ortho intramolecular Hbond substituents is 1. The molecule has 21 heavy (non-hydrogen) atoms. The quantitative estimate of drug-likeness (QED) is 0.622. The molecule has 0 radical (unpaired) electrons. The summed E-state index contributed by atoms with van der Waals surface area (Å²) in [5.74, 6) is -0.0614. The molecule has 7 heteroatoms. The van der Waals surface area contributed by atoms with Gasteiger partial charge in [0, 0.05) is 18.6 Å². The number of aromatic hydroxyl groups is 1. The third kappa shape index (κ3) is 4.52. The second-order valence-corrected chi connectivity index (χ2v) is 5.82. The molecule has 1 aromatic carbocycles. The fourth-order valence-corrected chi connectivity index (χ4v) is 2.75. The Morgan fingerprint density at radius 3 is 2.57 bits per heavy atom. The minimum atomic E-state index is -0.342. The Bertz CT molecular complexity index is 590. The third-order valence-corrected chi connectivity index (χ3v) is 3.89. The van der Waals surface area contributed by atoms with Crippen molar-refractivity contribution in [2.45, 2.75) is 6.42 Å². The Labute approximate surface area is 135 Å². The molecule has 0 bridgehead atoms. The molecule has 0 spiro atoms. The summed E-state index contributed by atoms with van der Waals surface area (Å²) in [6.07, 6.45) is 0.505. The number of hydrogen-bond acceptors (Lipinski definition) is 5. The molecule has 0 fully saturated rings. The summed E-state index contributed by atoms with van der Waals surface area (Å²) < 4.78 is 10.5. The Kier molecular flexibility index (Phi) is 5.73. The number of halogens is 2. The van der Waals surface area contributed by atoms with Gasteiger partial charge in [-0.25, -0.2) is 4.79 Å². The van der Waals surface area contributed by atoms with Crippen molar-refractivity contribution >= 4 is 40.5 Å². The van der Waals surface area contributed by atoms with Crippen LogP contribution in [0.1, 0.15) is 16.1 Å². The predicted molar refractivity (Wildman–Crippen MR) is 82.8 cm³/mol. The van der Waals surface area contributed by atoms with Crippen LogP contribution in [0.2, 0.25) is 10.0 Å². The van der Waals surface area contributed by atoms with Gasteiger partial charge in [-0.3, -0.25) is 0 Å². The van der Waals surface area contributed by atoms with Crippen LogP contribution in [0.4, 0.5) is 0 Å². The lowest BCUT2D eigenvalue weighted by atomic mass is 10.3. The summed E-state index contributed by atoms with van der Waals surface area (Å²) in [6, 6.07) is 6.19. The average molecular weight is 347 g/mol. The average Bonchev–Trinajstić information content (AvgIpc) is 2.94. The molecular formula is C14H12Cl2O4S. The van der Waals surface area contributed by atoms with E-state index in [0.29, 0.717) is 23.7 Å². The number of rotatable bonds is 6. The molecule has 0 amide bonds. The highest BCUT2D eigenvalue weighted by Gasteiger charge is 2.10. The predicted octanol–water partition coefficient (Wildman–Crippen LogP) is 4.39.